The molecule has 0 aliphatic carbocycles. The number of aromatic nitrogens is 2. The summed E-state index contributed by atoms with van der Waals surface area (Å²) in [6.07, 6.45) is 1.55. The van der Waals surface area contributed by atoms with Crippen LogP contribution < -0.4 is 16.0 Å². The molecular weight excluding hydrogens is 306 g/mol. The maximum Gasteiger partial charge on any atom is 0.135 e. The molecule has 19 heavy (non-hydrogen) atoms. The van der Waals surface area contributed by atoms with Crippen molar-refractivity contribution in [3.8, 4) is 0 Å². The molecule has 0 unspecified atom stereocenters. The topological polar surface area (TPSA) is 67.1 Å². The molecule has 1 heterocycles. The van der Waals surface area contributed by atoms with Crippen LogP contribution in [0.2, 0.25) is 0 Å². The Morgan fingerprint density at radius 1 is 1.26 bits per heavy atom. The van der Waals surface area contributed by atoms with E-state index in [9.17, 15) is 0 Å². The van der Waals surface area contributed by atoms with Gasteiger partial charge >= 0.3 is 0 Å². The number of nitrogens with two attached hydrogens (primary N) is 1. The Hall–Kier alpha value is -1.66. The SMILES string of the molecule is CN(CCN)c1cc(Nc2ccc(Br)cc2)ncn1. The van der Waals surface area contributed by atoms with Crippen molar-refractivity contribution in [2.45, 2.75) is 0 Å². The van der Waals surface area contributed by atoms with E-state index in [4.69, 9.17) is 5.73 Å². The van der Waals surface area contributed by atoms with Gasteiger partial charge in [0.1, 0.15) is 18.0 Å². The lowest BCUT2D eigenvalue weighted by atomic mass is 10.3. The average molecular weight is 322 g/mol. The molecule has 0 bridgehead atoms. The molecule has 1 aromatic carbocycles. The van der Waals surface area contributed by atoms with Crippen molar-refractivity contribution < 1.29 is 0 Å². The Balaban J connectivity index is 2.12. The van der Waals surface area contributed by atoms with Crippen molar-refractivity contribution in [2.24, 2.45) is 5.73 Å². The number of anilines is 3. The maximum absolute atomic E-state index is 5.54. The second-order valence-corrected chi connectivity index (χ2v) is 5.02. The number of hydrogen-bond acceptors (Lipinski definition) is 5. The van der Waals surface area contributed by atoms with E-state index in [0.717, 1.165) is 28.3 Å². The zero-order valence-electron chi connectivity index (χ0n) is 10.7. The highest BCUT2D eigenvalue weighted by molar-refractivity contribution is 9.10. The van der Waals surface area contributed by atoms with Crippen molar-refractivity contribution in [3.63, 3.8) is 0 Å². The molecule has 2 aromatic rings. The molecule has 5 nitrogen and oxygen atoms in total. The van der Waals surface area contributed by atoms with Gasteiger partial charge in [-0.05, 0) is 24.3 Å². The first-order valence-electron chi connectivity index (χ1n) is 5.95. The minimum Gasteiger partial charge on any atom is -0.358 e. The largest absolute Gasteiger partial charge is 0.358 e. The molecule has 0 aliphatic rings. The predicted octanol–water partition coefficient (Wildman–Crippen LogP) is 2.38. The Morgan fingerprint density at radius 3 is 2.68 bits per heavy atom. The smallest absolute Gasteiger partial charge is 0.135 e. The highest BCUT2D eigenvalue weighted by atomic mass is 79.9. The van der Waals surface area contributed by atoms with Crippen LogP contribution in [0.1, 0.15) is 0 Å². The number of rotatable bonds is 5. The van der Waals surface area contributed by atoms with Crippen LogP contribution in [0.3, 0.4) is 0 Å². The van der Waals surface area contributed by atoms with E-state index in [2.05, 4.69) is 31.2 Å². The Bertz CT molecular complexity index is 529. The van der Waals surface area contributed by atoms with Crippen LogP contribution >= 0.6 is 15.9 Å². The standard InChI is InChI=1S/C13H16BrN5/c1-19(7-6-15)13-8-12(16-9-17-13)18-11-4-2-10(14)3-5-11/h2-5,8-9H,6-7,15H2,1H3,(H,16,17,18). The maximum atomic E-state index is 5.54. The summed E-state index contributed by atoms with van der Waals surface area (Å²) in [5.74, 6) is 1.61. The molecule has 1 aromatic heterocycles. The number of hydrogen-bond donors (Lipinski definition) is 2. The fraction of sp³-hybridized carbons (Fsp3) is 0.231. The first kappa shape index (κ1) is 13.8. The van der Waals surface area contributed by atoms with Crippen LogP contribution in [0.15, 0.2) is 41.1 Å². The van der Waals surface area contributed by atoms with Crippen LogP contribution in [0, 0.1) is 0 Å². The van der Waals surface area contributed by atoms with E-state index in [0.29, 0.717) is 6.54 Å². The second kappa shape index (κ2) is 6.49. The summed E-state index contributed by atoms with van der Waals surface area (Å²) >= 11 is 3.41. The molecule has 0 amide bonds. The van der Waals surface area contributed by atoms with Gasteiger partial charge in [0.2, 0.25) is 0 Å². The molecule has 6 heteroatoms. The van der Waals surface area contributed by atoms with E-state index in [1.807, 2.05) is 42.3 Å². The highest BCUT2D eigenvalue weighted by Crippen LogP contribution is 2.19. The van der Waals surface area contributed by atoms with Gasteiger partial charge < -0.3 is 16.0 Å². The van der Waals surface area contributed by atoms with Crippen LogP contribution in [0.4, 0.5) is 17.3 Å². The number of halogens is 1. The fourth-order valence-corrected chi connectivity index (χ4v) is 1.88. The van der Waals surface area contributed by atoms with Crippen LogP contribution in [0.5, 0.6) is 0 Å². The molecule has 2 rings (SSSR count). The normalized spacial score (nSPS) is 10.3. The zero-order chi connectivity index (χ0) is 13.7. The fourth-order valence-electron chi connectivity index (χ4n) is 1.61. The highest BCUT2D eigenvalue weighted by Gasteiger charge is 2.03. The van der Waals surface area contributed by atoms with Crippen molar-refractivity contribution in [2.75, 3.05) is 30.4 Å². The lowest BCUT2D eigenvalue weighted by molar-refractivity contribution is 0.864. The summed E-state index contributed by atoms with van der Waals surface area (Å²) in [5.41, 5.74) is 6.52. The summed E-state index contributed by atoms with van der Waals surface area (Å²) in [7, 11) is 1.96. The second-order valence-electron chi connectivity index (χ2n) is 4.10. The first-order chi connectivity index (χ1) is 9.19. The van der Waals surface area contributed by atoms with Gasteiger partial charge in [0.05, 0.1) is 0 Å². The molecule has 0 saturated carbocycles. The Kier molecular flexibility index (Phi) is 4.70. The van der Waals surface area contributed by atoms with Gasteiger partial charge in [0.25, 0.3) is 0 Å². The third-order valence-electron chi connectivity index (χ3n) is 2.62. The molecule has 0 fully saturated rings. The van der Waals surface area contributed by atoms with E-state index >= 15 is 0 Å². The van der Waals surface area contributed by atoms with Gasteiger partial charge in [0, 0.05) is 36.4 Å². The third kappa shape index (κ3) is 3.90. The van der Waals surface area contributed by atoms with E-state index < -0.39 is 0 Å². The van der Waals surface area contributed by atoms with Gasteiger partial charge in [-0.15, -0.1) is 0 Å². The Morgan fingerprint density at radius 2 is 2.00 bits per heavy atom. The Labute approximate surface area is 121 Å². The first-order valence-corrected chi connectivity index (χ1v) is 6.74. The van der Waals surface area contributed by atoms with E-state index in [1.165, 1.54) is 0 Å². The lowest BCUT2D eigenvalue weighted by Crippen LogP contribution is -2.25. The minimum atomic E-state index is 0.593. The number of benzene rings is 1. The summed E-state index contributed by atoms with van der Waals surface area (Å²) in [5, 5.41) is 3.24. The van der Waals surface area contributed by atoms with Gasteiger partial charge in [-0.3, -0.25) is 0 Å². The van der Waals surface area contributed by atoms with Crippen LogP contribution in [-0.2, 0) is 0 Å². The predicted molar refractivity (Wildman–Crippen MR) is 81.8 cm³/mol. The van der Waals surface area contributed by atoms with Crippen molar-refractivity contribution >= 4 is 33.3 Å². The molecule has 0 radical (unpaired) electrons. The van der Waals surface area contributed by atoms with Crippen molar-refractivity contribution in [1.29, 1.82) is 0 Å². The number of nitrogens with zero attached hydrogens (tertiary/aromatic N) is 3. The molecule has 0 saturated heterocycles. The number of nitrogens with one attached hydrogen (secondary N) is 1. The molecule has 0 aliphatic heterocycles. The minimum absolute atomic E-state index is 0.593. The summed E-state index contributed by atoms with van der Waals surface area (Å²) < 4.78 is 1.05. The van der Waals surface area contributed by atoms with Crippen LogP contribution in [-0.4, -0.2) is 30.1 Å². The quantitative estimate of drug-likeness (QED) is 0.885. The number of likely N-dealkylation sites (N-methyl/N-ethyl adjacent to an activating group) is 1. The molecule has 3 N–H and O–H groups in total. The van der Waals surface area contributed by atoms with Crippen molar-refractivity contribution in [3.05, 3.63) is 41.1 Å². The van der Waals surface area contributed by atoms with E-state index in [-0.39, 0.29) is 0 Å². The summed E-state index contributed by atoms with van der Waals surface area (Å²) in [6.45, 7) is 1.35. The molecular formula is C13H16BrN5. The molecule has 0 atom stereocenters. The van der Waals surface area contributed by atoms with Gasteiger partial charge in [-0.2, -0.15) is 0 Å². The summed E-state index contributed by atoms with van der Waals surface area (Å²) in [6, 6.07) is 9.82. The molecule has 0 spiro atoms. The van der Waals surface area contributed by atoms with Gasteiger partial charge in [-0.1, -0.05) is 15.9 Å². The zero-order valence-corrected chi connectivity index (χ0v) is 12.3. The van der Waals surface area contributed by atoms with Gasteiger partial charge in [-0.25, -0.2) is 9.97 Å². The van der Waals surface area contributed by atoms with Crippen LogP contribution in [0.25, 0.3) is 0 Å². The molecule has 100 valence electrons. The average Bonchev–Trinajstić information content (AvgIpc) is 2.42. The monoisotopic (exact) mass is 321 g/mol. The van der Waals surface area contributed by atoms with E-state index in [1.54, 1.807) is 6.33 Å². The lowest BCUT2D eigenvalue weighted by Gasteiger charge is -2.17. The van der Waals surface area contributed by atoms with Gasteiger partial charge in [0.15, 0.2) is 0 Å². The van der Waals surface area contributed by atoms with Crippen molar-refractivity contribution in [1.82, 2.24) is 9.97 Å². The summed E-state index contributed by atoms with van der Waals surface area (Å²) in [4.78, 5) is 10.4. The third-order valence-corrected chi connectivity index (χ3v) is 3.15.